The molecule has 266 valence electrons. The second-order valence-corrected chi connectivity index (χ2v) is 14.3. The van der Waals surface area contributed by atoms with Gasteiger partial charge in [0, 0.05) is 54.6 Å². The maximum Gasteiger partial charge on any atom is 0.167 e. The van der Waals surface area contributed by atoms with Crippen molar-refractivity contribution in [3.05, 3.63) is 176 Å². The summed E-state index contributed by atoms with van der Waals surface area (Å²) in [5.74, 6) is 1.73. The molecule has 0 bridgehead atoms. The highest BCUT2D eigenvalue weighted by atomic mass is 16.3. The van der Waals surface area contributed by atoms with Gasteiger partial charge in [-0.25, -0.2) is 15.0 Å². The van der Waals surface area contributed by atoms with Crippen LogP contribution in [0.5, 0.6) is 0 Å². The van der Waals surface area contributed by atoms with E-state index in [1.54, 1.807) is 0 Å². The van der Waals surface area contributed by atoms with Crippen LogP contribution in [0.2, 0.25) is 0 Å². The monoisotopic (exact) mass is 731 g/mol. The Bertz CT molecular complexity index is 3470. The van der Waals surface area contributed by atoms with Gasteiger partial charge in [-0.2, -0.15) is 0 Å². The van der Waals surface area contributed by atoms with Gasteiger partial charge in [0.2, 0.25) is 0 Å². The number of para-hydroxylation sites is 4. The average Bonchev–Trinajstić information content (AvgIpc) is 3.98. The van der Waals surface area contributed by atoms with E-state index in [1.165, 1.54) is 0 Å². The van der Waals surface area contributed by atoms with Gasteiger partial charge in [-0.3, -0.25) is 0 Å². The predicted octanol–water partition coefficient (Wildman–Crippen LogP) is 13.9. The number of furan rings is 3. The number of rotatable bonds is 5. The molecule has 8 aromatic carbocycles. The van der Waals surface area contributed by atoms with Crippen LogP contribution >= 0.6 is 0 Å². The smallest absolute Gasteiger partial charge is 0.167 e. The molecular formula is C51H29N3O3. The molecule has 0 saturated heterocycles. The highest BCUT2D eigenvalue weighted by Gasteiger charge is 2.23. The number of hydrogen-bond acceptors (Lipinski definition) is 6. The molecule has 12 aromatic rings. The molecule has 0 atom stereocenters. The van der Waals surface area contributed by atoms with Gasteiger partial charge in [-0.15, -0.1) is 0 Å². The lowest BCUT2D eigenvalue weighted by Gasteiger charge is -2.10. The van der Waals surface area contributed by atoms with Gasteiger partial charge in [0.25, 0.3) is 0 Å². The van der Waals surface area contributed by atoms with E-state index in [4.69, 9.17) is 28.2 Å². The molecule has 0 saturated carbocycles. The first kappa shape index (κ1) is 31.5. The maximum atomic E-state index is 7.04. The van der Waals surface area contributed by atoms with Crippen LogP contribution in [-0.4, -0.2) is 15.0 Å². The van der Waals surface area contributed by atoms with Crippen molar-refractivity contribution in [2.45, 2.75) is 0 Å². The third kappa shape index (κ3) is 4.94. The van der Waals surface area contributed by atoms with Crippen molar-refractivity contribution in [2.75, 3.05) is 0 Å². The van der Waals surface area contributed by atoms with E-state index >= 15 is 0 Å². The summed E-state index contributed by atoms with van der Waals surface area (Å²) in [5, 5.41) is 6.21. The molecule has 57 heavy (non-hydrogen) atoms. The maximum absolute atomic E-state index is 7.04. The Labute approximate surface area is 325 Å². The van der Waals surface area contributed by atoms with Gasteiger partial charge < -0.3 is 13.3 Å². The molecule has 0 spiro atoms. The third-order valence-electron chi connectivity index (χ3n) is 10.9. The van der Waals surface area contributed by atoms with Gasteiger partial charge in [0.05, 0.1) is 5.56 Å². The van der Waals surface area contributed by atoms with Gasteiger partial charge in [0.1, 0.15) is 33.5 Å². The Morgan fingerprint density at radius 1 is 0.281 bits per heavy atom. The number of fused-ring (bicyclic) bond motifs is 9. The van der Waals surface area contributed by atoms with Crippen LogP contribution in [0.4, 0.5) is 0 Å². The lowest BCUT2D eigenvalue weighted by atomic mass is 9.93. The lowest BCUT2D eigenvalue weighted by Crippen LogP contribution is -2.00. The van der Waals surface area contributed by atoms with Crippen molar-refractivity contribution in [2.24, 2.45) is 0 Å². The summed E-state index contributed by atoms with van der Waals surface area (Å²) in [6.45, 7) is 0. The van der Waals surface area contributed by atoms with Gasteiger partial charge in [-0.05, 0) is 47.5 Å². The largest absolute Gasteiger partial charge is 0.456 e. The summed E-state index contributed by atoms with van der Waals surface area (Å²) >= 11 is 0. The summed E-state index contributed by atoms with van der Waals surface area (Å²) in [4.78, 5) is 15.0. The first-order valence-electron chi connectivity index (χ1n) is 18.9. The van der Waals surface area contributed by atoms with Crippen molar-refractivity contribution < 1.29 is 13.3 Å². The van der Waals surface area contributed by atoms with Crippen LogP contribution in [-0.2, 0) is 0 Å². The zero-order chi connectivity index (χ0) is 37.5. The fourth-order valence-corrected chi connectivity index (χ4v) is 8.34. The number of hydrogen-bond donors (Lipinski definition) is 0. The predicted molar refractivity (Wildman–Crippen MR) is 229 cm³/mol. The molecule has 4 heterocycles. The third-order valence-corrected chi connectivity index (χ3v) is 10.9. The van der Waals surface area contributed by atoms with Crippen molar-refractivity contribution in [1.29, 1.82) is 0 Å². The minimum Gasteiger partial charge on any atom is -0.456 e. The van der Waals surface area contributed by atoms with E-state index in [9.17, 15) is 0 Å². The second-order valence-electron chi connectivity index (χ2n) is 14.3. The molecule has 0 aliphatic heterocycles. The molecule has 0 amide bonds. The number of benzene rings is 8. The van der Waals surface area contributed by atoms with Gasteiger partial charge in [0.15, 0.2) is 17.5 Å². The van der Waals surface area contributed by atoms with Crippen molar-refractivity contribution in [1.82, 2.24) is 15.0 Å². The van der Waals surface area contributed by atoms with E-state index in [2.05, 4.69) is 72.8 Å². The van der Waals surface area contributed by atoms with Crippen LogP contribution in [0.25, 0.3) is 122 Å². The molecular weight excluding hydrogens is 703 g/mol. The molecule has 0 aliphatic rings. The zero-order valence-corrected chi connectivity index (χ0v) is 30.3. The molecule has 6 heteroatoms. The number of aromatic nitrogens is 3. The standard InChI is InChI=1S/C51H29N3O3/c1-3-14-30(15-4-1)49-52-50(31-16-5-2-6-17-31)54-51(53-49)39-24-12-22-36-35-21-11-23-37(46(35)57-47(36)39)41-29-32(28-40-34-18-7-9-25-42(34)56-48(40)41)33-20-13-27-44-45(33)38-19-8-10-26-43(38)55-44/h1-29H. The molecule has 0 fully saturated rings. The van der Waals surface area contributed by atoms with Crippen LogP contribution < -0.4 is 0 Å². The van der Waals surface area contributed by atoms with Crippen LogP contribution in [0.1, 0.15) is 0 Å². The fraction of sp³-hybridized carbons (Fsp3) is 0. The van der Waals surface area contributed by atoms with Crippen LogP contribution in [0, 0.1) is 0 Å². The highest BCUT2D eigenvalue weighted by Crippen LogP contribution is 2.46. The Balaban J connectivity index is 1.11. The average molecular weight is 732 g/mol. The lowest BCUT2D eigenvalue weighted by molar-refractivity contribution is 0.665. The van der Waals surface area contributed by atoms with E-state index < -0.39 is 0 Å². The van der Waals surface area contributed by atoms with E-state index in [0.29, 0.717) is 23.1 Å². The number of nitrogens with zero attached hydrogens (tertiary/aromatic N) is 3. The minimum absolute atomic E-state index is 0.538. The Morgan fingerprint density at radius 2 is 0.789 bits per heavy atom. The van der Waals surface area contributed by atoms with E-state index in [-0.39, 0.29) is 0 Å². The SMILES string of the molecule is c1ccc(-c2nc(-c3ccccc3)nc(-c3cccc4c3oc3c(-c5cc(-c6cccc7oc8ccccc8c67)cc6c5oc5ccccc56)cccc34)n2)cc1. The summed E-state index contributed by atoms with van der Waals surface area (Å²) < 4.78 is 20.1. The van der Waals surface area contributed by atoms with Gasteiger partial charge in [-0.1, -0.05) is 140 Å². The Morgan fingerprint density at radius 3 is 1.51 bits per heavy atom. The van der Waals surface area contributed by atoms with Crippen molar-refractivity contribution in [3.8, 4) is 56.4 Å². The molecule has 12 rings (SSSR count). The normalized spacial score (nSPS) is 11.9. The van der Waals surface area contributed by atoms with Crippen LogP contribution in [0.15, 0.2) is 189 Å². The molecule has 4 aromatic heterocycles. The van der Waals surface area contributed by atoms with Crippen LogP contribution in [0.3, 0.4) is 0 Å². The highest BCUT2D eigenvalue weighted by molar-refractivity contribution is 6.19. The Kier molecular flexibility index (Phi) is 6.83. The topological polar surface area (TPSA) is 78.1 Å². The Hall–Kier alpha value is -7.83. The molecule has 0 unspecified atom stereocenters. The first-order chi connectivity index (χ1) is 28.2. The van der Waals surface area contributed by atoms with Crippen molar-refractivity contribution in [3.63, 3.8) is 0 Å². The second kappa shape index (κ2) is 12.3. The minimum atomic E-state index is 0.538. The fourth-order valence-electron chi connectivity index (χ4n) is 8.34. The zero-order valence-electron chi connectivity index (χ0n) is 30.3. The summed E-state index contributed by atoms with van der Waals surface area (Å²) in [5.41, 5.74) is 11.4. The van der Waals surface area contributed by atoms with E-state index in [1.807, 2.05) is 103 Å². The molecule has 0 aliphatic carbocycles. The summed E-state index contributed by atoms with van der Waals surface area (Å²) in [7, 11) is 0. The van der Waals surface area contributed by atoms with E-state index in [0.717, 1.165) is 99.2 Å². The summed E-state index contributed by atoms with van der Waals surface area (Å²) in [6.07, 6.45) is 0. The molecule has 0 N–H and O–H groups in total. The molecule has 0 radical (unpaired) electrons. The van der Waals surface area contributed by atoms with Gasteiger partial charge >= 0.3 is 0 Å². The quantitative estimate of drug-likeness (QED) is 0.175. The molecule has 6 nitrogen and oxygen atoms in total. The summed E-state index contributed by atoms with van der Waals surface area (Å²) in [6, 6.07) is 59.7. The first-order valence-corrected chi connectivity index (χ1v) is 18.9. The van der Waals surface area contributed by atoms with Crippen molar-refractivity contribution >= 4 is 65.8 Å².